The lowest BCUT2D eigenvalue weighted by Crippen LogP contribution is -2.42. The third kappa shape index (κ3) is 1.88. The highest BCUT2D eigenvalue weighted by molar-refractivity contribution is 5.82. The molecule has 1 aliphatic rings. The van der Waals surface area contributed by atoms with E-state index in [4.69, 9.17) is 5.73 Å². The maximum atomic E-state index is 11.7. The molecule has 0 aromatic heterocycles. The van der Waals surface area contributed by atoms with Crippen molar-refractivity contribution in [3.05, 3.63) is 29.8 Å². The zero-order valence-electron chi connectivity index (χ0n) is 9.52. The van der Waals surface area contributed by atoms with E-state index in [2.05, 4.69) is 13.0 Å². The van der Waals surface area contributed by atoms with E-state index in [1.54, 1.807) is 5.01 Å². The fourth-order valence-corrected chi connectivity index (χ4v) is 2.06. The predicted octanol–water partition coefficient (Wildman–Crippen LogP) is 0.907. The summed E-state index contributed by atoms with van der Waals surface area (Å²) in [5, 5.41) is 3.78. The number of para-hydroxylation sites is 1. The summed E-state index contributed by atoms with van der Waals surface area (Å²) in [4.78, 5) is 11.7. The molecule has 16 heavy (non-hydrogen) atoms. The molecule has 4 nitrogen and oxygen atoms in total. The highest BCUT2D eigenvalue weighted by atomic mass is 16.2. The van der Waals surface area contributed by atoms with Gasteiger partial charge in [-0.1, -0.05) is 18.2 Å². The predicted molar refractivity (Wildman–Crippen MR) is 63.9 cm³/mol. The second-order valence-corrected chi connectivity index (χ2v) is 3.97. The van der Waals surface area contributed by atoms with Crippen molar-refractivity contribution in [2.45, 2.75) is 13.3 Å². The molecule has 0 saturated carbocycles. The van der Waals surface area contributed by atoms with E-state index in [1.165, 1.54) is 5.56 Å². The van der Waals surface area contributed by atoms with Crippen LogP contribution in [-0.4, -0.2) is 30.6 Å². The van der Waals surface area contributed by atoms with Crippen molar-refractivity contribution in [2.75, 3.05) is 24.6 Å². The first kappa shape index (κ1) is 11.0. The molecular weight excluding hydrogens is 202 g/mol. The van der Waals surface area contributed by atoms with Crippen LogP contribution in [-0.2, 0) is 4.79 Å². The van der Waals surface area contributed by atoms with E-state index >= 15 is 0 Å². The normalized spacial score (nSPS) is 16.0. The lowest BCUT2D eigenvalue weighted by atomic mass is 10.2. The average molecular weight is 219 g/mol. The number of hydrogen-bond donors (Lipinski definition) is 1. The molecule has 1 amide bonds. The molecule has 1 heterocycles. The van der Waals surface area contributed by atoms with Gasteiger partial charge in [-0.2, -0.15) is 0 Å². The number of carbonyl (C=O) groups excluding carboxylic acids is 1. The van der Waals surface area contributed by atoms with Crippen LogP contribution in [0.15, 0.2) is 24.3 Å². The van der Waals surface area contributed by atoms with Gasteiger partial charge in [0.15, 0.2) is 0 Å². The van der Waals surface area contributed by atoms with Crippen LogP contribution >= 0.6 is 0 Å². The first-order valence-electron chi connectivity index (χ1n) is 5.57. The Bertz CT molecular complexity index is 392. The molecule has 1 fully saturated rings. The van der Waals surface area contributed by atoms with E-state index < -0.39 is 0 Å². The Kier molecular flexibility index (Phi) is 3.10. The second-order valence-electron chi connectivity index (χ2n) is 3.97. The Morgan fingerprint density at radius 3 is 2.81 bits per heavy atom. The summed E-state index contributed by atoms with van der Waals surface area (Å²) in [6, 6.07) is 8.09. The number of amides is 1. The Morgan fingerprint density at radius 2 is 2.12 bits per heavy atom. The fourth-order valence-electron chi connectivity index (χ4n) is 2.06. The van der Waals surface area contributed by atoms with E-state index in [1.807, 2.05) is 23.2 Å². The summed E-state index contributed by atoms with van der Waals surface area (Å²) in [5.41, 5.74) is 7.81. The maximum Gasteiger partial charge on any atom is 0.242 e. The van der Waals surface area contributed by atoms with Gasteiger partial charge in [-0.25, -0.2) is 0 Å². The Hall–Kier alpha value is -1.55. The molecule has 2 N–H and O–H groups in total. The minimum absolute atomic E-state index is 0.161. The van der Waals surface area contributed by atoms with E-state index in [-0.39, 0.29) is 5.91 Å². The molecule has 0 bridgehead atoms. The van der Waals surface area contributed by atoms with E-state index in [9.17, 15) is 4.79 Å². The van der Waals surface area contributed by atoms with Crippen molar-refractivity contribution >= 4 is 11.6 Å². The first-order chi connectivity index (χ1) is 7.74. The van der Waals surface area contributed by atoms with Gasteiger partial charge in [0.05, 0.1) is 12.2 Å². The number of carbonyl (C=O) groups is 1. The number of aryl methyl sites for hydroxylation is 1. The summed E-state index contributed by atoms with van der Waals surface area (Å²) >= 11 is 0. The molecule has 0 unspecified atom stereocenters. The smallest absolute Gasteiger partial charge is 0.242 e. The van der Waals surface area contributed by atoms with E-state index in [0.717, 1.165) is 12.2 Å². The minimum atomic E-state index is 0.161. The third-order valence-corrected chi connectivity index (χ3v) is 2.85. The van der Waals surface area contributed by atoms with Crippen LogP contribution in [0.1, 0.15) is 12.0 Å². The van der Waals surface area contributed by atoms with Crippen molar-refractivity contribution < 1.29 is 4.79 Å². The highest BCUT2D eigenvalue weighted by Gasteiger charge is 2.28. The third-order valence-electron chi connectivity index (χ3n) is 2.85. The van der Waals surface area contributed by atoms with Gasteiger partial charge >= 0.3 is 0 Å². The molecule has 0 atom stereocenters. The average Bonchev–Trinajstić information content (AvgIpc) is 2.62. The SMILES string of the molecule is Cc1ccccc1N1CCC(=O)N1CCN. The zero-order valence-corrected chi connectivity index (χ0v) is 9.52. The number of rotatable bonds is 3. The van der Waals surface area contributed by atoms with Crippen LogP contribution in [0.25, 0.3) is 0 Å². The number of hydrogen-bond acceptors (Lipinski definition) is 3. The number of nitrogens with two attached hydrogens (primary N) is 1. The quantitative estimate of drug-likeness (QED) is 0.822. The fraction of sp³-hybridized carbons (Fsp3) is 0.417. The topological polar surface area (TPSA) is 49.6 Å². The zero-order chi connectivity index (χ0) is 11.5. The molecule has 2 rings (SSSR count). The number of nitrogens with zero attached hydrogens (tertiary/aromatic N) is 2. The maximum absolute atomic E-state index is 11.7. The summed E-state index contributed by atoms with van der Waals surface area (Å²) in [5.74, 6) is 0.161. The van der Waals surface area contributed by atoms with Gasteiger partial charge in [-0.15, -0.1) is 0 Å². The van der Waals surface area contributed by atoms with Gasteiger partial charge in [-0.3, -0.25) is 14.8 Å². The molecule has 4 heteroatoms. The van der Waals surface area contributed by atoms with Crippen LogP contribution < -0.4 is 10.7 Å². The number of hydrazine groups is 1. The summed E-state index contributed by atoms with van der Waals surface area (Å²) < 4.78 is 0. The molecule has 1 saturated heterocycles. The molecule has 1 aromatic carbocycles. The molecular formula is C12H17N3O. The van der Waals surface area contributed by atoms with Crippen molar-refractivity contribution in [1.29, 1.82) is 0 Å². The largest absolute Gasteiger partial charge is 0.329 e. The monoisotopic (exact) mass is 219 g/mol. The molecule has 0 radical (unpaired) electrons. The van der Waals surface area contributed by atoms with E-state index in [0.29, 0.717) is 19.5 Å². The standard InChI is InChI=1S/C12H17N3O/c1-10-4-2-3-5-11(10)14-8-6-12(16)15(14)9-7-13/h2-5H,6-9,13H2,1H3. The van der Waals surface area contributed by atoms with Crippen LogP contribution in [0.3, 0.4) is 0 Å². The summed E-state index contributed by atoms with van der Waals surface area (Å²) in [7, 11) is 0. The van der Waals surface area contributed by atoms with Gasteiger partial charge < -0.3 is 5.73 Å². The van der Waals surface area contributed by atoms with Crippen LogP contribution in [0.4, 0.5) is 5.69 Å². The number of anilines is 1. The lowest BCUT2D eigenvalue weighted by molar-refractivity contribution is -0.128. The molecule has 0 aliphatic carbocycles. The summed E-state index contributed by atoms with van der Waals surface area (Å²) in [6.45, 7) is 3.89. The van der Waals surface area contributed by atoms with Gasteiger partial charge in [-0.05, 0) is 18.6 Å². The lowest BCUT2D eigenvalue weighted by Gasteiger charge is -2.30. The first-order valence-corrected chi connectivity index (χ1v) is 5.57. The highest BCUT2D eigenvalue weighted by Crippen LogP contribution is 2.25. The molecule has 0 spiro atoms. The van der Waals surface area contributed by atoms with Gasteiger partial charge in [0.1, 0.15) is 0 Å². The Morgan fingerprint density at radius 1 is 1.38 bits per heavy atom. The Balaban J connectivity index is 2.27. The summed E-state index contributed by atoms with van der Waals surface area (Å²) in [6.07, 6.45) is 0.578. The van der Waals surface area contributed by atoms with Gasteiger partial charge in [0, 0.05) is 19.5 Å². The van der Waals surface area contributed by atoms with Crippen LogP contribution in [0.5, 0.6) is 0 Å². The van der Waals surface area contributed by atoms with Crippen molar-refractivity contribution in [3.8, 4) is 0 Å². The van der Waals surface area contributed by atoms with Crippen molar-refractivity contribution in [1.82, 2.24) is 5.01 Å². The van der Waals surface area contributed by atoms with Crippen LogP contribution in [0, 0.1) is 6.92 Å². The minimum Gasteiger partial charge on any atom is -0.329 e. The van der Waals surface area contributed by atoms with Gasteiger partial charge in [0.25, 0.3) is 0 Å². The second kappa shape index (κ2) is 4.53. The molecule has 1 aliphatic heterocycles. The molecule has 1 aromatic rings. The molecule has 86 valence electrons. The van der Waals surface area contributed by atoms with Crippen molar-refractivity contribution in [2.24, 2.45) is 5.73 Å². The van der Waals surface area contributed by atoms with Crippen molar-refractivity contribution in [3.63, 3.8) is 0 Å². The Labute approximate surface area is 95.6 Å². The number of benzene rings is 1. The van der Waals surface area contributed by atoms with Gasteiger partial charge in [0.2, 0.25) is 5.91 Å². The van der Waals surface area contributed by atoms with Crippen LogP contribution in [0.2, 0.25) is 0 Å².